The SMILES string of the molecule is O=C1c2ccc(OS(=O)(=O)C(F)(F)F)cc2OC2CCCCC12. The Morgan fingerprint density at radius 1 is 1.17 bits per heavy atom. The topological polar surface area (TPSA) is 69.7 Å². The van der Waals surface area contributed by atoms with Crippen LogP contribution in [0, 0.1) is 5.92 Å². The Balaban J connectivity index is 1.90. The molecule has 0 N–H and O–H groups in total. The summed E-state index contributed by atoms with van der Waals surface area (Å²) in [5, 5.41) is 0. The van der Waals surface area contributed by atoms with E-state index in [0.29, 0.717) is 12.8 Å². The van der Waals surface area contributed by atoms with Crippen molar-refractivity contribution >= 4 is 15.9 Å². The Kier molecular flexibility index (Phi) is 3.78. The maximum atomic E-state index is 12.4. The molecular weight excluding hydrogens is 337 g/mol. The number of carbonyl (C=O) groups excluding carboxylic acids is 1. The summed E-state index contributed by atoms with van der Waals surface area (Å²) in [4.78, 5) is 12.4. The van der Waals surface area contributed by atoms with Gasteiger partial charge in [0.05, 0.1) is 11.5 Å². The molecule has 126 valence electrons. The molecule has 1 saturated carbocycles. The van der Waals surface area contributed by atoms with E-state index < -0.39 is 21.4 Å². The van der Waals surface area contributed by atoms with Gasteiger partial charge in [-0.3, -0.25) is 4.79 Å². The molecule has 1 aromatic carbocycles. The zero-order valence-corrected chi connectivity index (χ0v) is 12.6. The average Bonchev–Trinajstić information content (AvgIpc) is 2.45. The lowest BCUT2D eigenvalue weighted by molar-refractivity contribution is -0.0500. The van der Waals surface area contributed by atoms with Gasteiger partial charge in [0.2, 0.25) is 0 Å². The first-order valence-electron chi connectivity index (χ1n) is 7.05. The number of Topliss-reactive ketones (excluding diaryl/α,β-unsaturated/α-hetero) is 1. The molecular formula is C14H13F3O5S. The fourth-order valence-corrected chi connectivity index (χ4v) is 3.38. The van der Waals surface area contributed by atoms with E-state index in [4.69, 9.17) is 4.74 Å². The fourth-order valence-electron chi connectivity index (χ4n) is 2.93. The Morgan fingerprint density at radius 3 is 2.57 bits per heavy atom. The maximum Gasteiger partial charge on any atom is 0.534 e. The van der Waals surface area contributed by atoms with Crippen LogP contribution in [-0.4, -0.2) is 25.8 Å². The van der Waals surface area contributed by atoms with Gasteiger partial charge < -0.3 is 8.92 Å². The smallest absolute Gasteiger partial charge is 0.489 e. The number of hydrogen-bond donors (Lipinski definition) is 0. The number of carbonyl (C=O) groups is 1. The van der Waals surface area contributed by atoms with Crippen LogP contribution >= 0.6 is 0 Å². The molecule has 0 bridgehead atoms. The third-order valence-electron chi connectivity index (χ3n) is 4.03. The first-order valence-corrected chi connectivity index (χ1v) is 8.45. The molecule has 1 fully saturated rings. The van der Waals surface area contributed by atoms with Gasteiger partial charge in [0.25, 0.3) is 0 Å². The molecule has 1 aromatic rings. The lowest BCUT2D eigenvalue weighted by atomic mass is 9.79. The molecule has 0 spiro atoms. The zero-order chi connectivity index (χ0) is 16.8. The molecule has 9 heteroatoms. The molecule has 5 nitrogen and oxygen atoms in total. The fraction of sp³-hybridized carbons (Fsp3) is 0.500. The highest BCUT2D eigenvalue weighted by Gasteiger charge is 2.48. The number of alkyl halides is 3. The lowest BCUT2D eigenvalue weighted by Crippen LogP contribution is -2.39. The third kappa shape index (κ3) is 2.89. The first-order chi connectivity index (χ1) is 10.7. The molecule has 2 aliphatic rings. The first kappa shape index (κ1) is 16.1. The second-order valence-corrected chi connectivity index (χ2v) is 7.09. The predicted molar refractivity (Wildman–Crippen MR) is 72.7 cm³/mol. The monoisotopic (exact) mass is 350 g/mol. The van der Waals surface area contributed by atoms with Crippen molar-refractivity contribution in [3.05, 3.63) is 23.8 Å². The number of ether oxygens (including phenoxy) is 1. The molecule has 0 amide bonds. The van der Waals surface area contributed by atoms with Crippen molar-refractivity contribution < 1.29 is 35.3 Å². The van der Waals surface area contributed by atoms with E-state index in [9.17, 15) is 26.4 Å². The number of ketones is 1. The molecule has 1 heterocycles. The van der Waals surface area contributed by atoms with Crippen molar-refractivity contribution in [3.8, 4) is 11.5 Å². The van der Waals surface area contributed by atoms with Gasteiger partial charge in [0.1, 0.15) is 17.6 Å². The molecule has 2 unspecified atom stereocenters. The van der Waals surface area contributed by atoms with Crippen LogP contribution in [0.2, 0.25) is 0 Å². The molecule has 0 saturated heterocycles. The molecule has 1 aliphatic heterocycles. The van der Waals surface area contributed by atoms with E-state index in [2.05, 4.69) is 4.18 Å². The standard InChI is InChI=1S/C14H13F3O5S/c15-14(16,17)23(19,20)22-8-5-6-10-12(7-8)21-11-4-2-1-3-9(11)13(10)18/h5-7,9,11H,1-4H2. The van der Waals surface area contributed by atoms with Crippen LogP contribution in [0.4, 0.5) is 13.2 Å². The number of fused-ring (bicyclic) bond motifs is 2. The number of halogens is 3. The van der Waals surface area contributed by atoms with Crippen molar-refractivity contribution in [3.63, 3.8) is 0 Å². The summed E-state index contributed by atoms with van der Waals surface area (Å²) in [7, 11) is -5.75. The van der Waals surface area contributed by atoms with Gasteiger partial charge in [-0.25, -0.2) is 0 Å². The highest BCUT2D eigenvalue weighted by atomic mass is 32.2. The second kappa shape index (κ2) is 5.40. The van der Waals surface area contributed by atoms with E-state index >= 15 is 0 Å². The maximum absolute atomic E-state index is 12.4. The summed E-state index contributed by atoms with van der Waals surface area (Å²) in [5.41, 5.74) is -5.28. The second-order valence-electron chi connectivity index (χ2n) is 5.55. The van der Waals surface area contributed by atoms with Crippen molar-refractivity contribution in [2.75, 3.05) is 0 Å². The van der Waals surface area contributed by atoms with Gasteiger partial charge >= 0.3 is 15.6 Å². The zero-order valence-electron chi connectivity index (χ0n) is 11.8. The number of rotatable bonds is 2. The van der Waals surface area contributed by atoms with Crippen LogP contribution in [0.25, 0.3) is 0 Å². The average molecular weight is 350 g/mol. The van der Waals surface area contributed by atoms with Crippen LogP contribution in [-0.2, 0) is 10.1 Å². The van der Waals surface area contributed by atoms with Crippen LogP contribution in [0.1, 0.15) is 36.0 Å². The Morgan fingerprint density at radius 2 is 1.87 bits per heavy atom. The Bertz CT molecular complexity index is 741. The quantitative estimate of drug-likeness (QED) is 0.606. The minimum absolute atomic E-state index is 0.0630. The lowest BCUT2D eigenvalue weighted by Gasteiger charge is -2.35. The number of benzene rings is 1. The van der Waals surface area contributed by atoms with Crippen LogP contribution in [0.5, 0.6) is 11.5 Å². The molecule has 2 atom stereocenters. The molecule has 3 rings (SSSR count). The Labute approximate surface area is 130 Å². The molecule has 0 radical (unpaired) electrons. The minimum atomic E-state index is -5.75. The van der Waals surface area contributed by atoms with Crippen molar-refractivity contribution in [2.24, 2.45) is 5.92 Å². The van der Waals surface area contributed by atoms with Gasteiger partial charge in [-0.05, 0) is 31.4 Å². The summed E-state index contributed by atoms with van der Waals surface area (Å²) < 4.78 is 68.8. The predicted octanol–water partition coefficient (Wildman–Crippen LogP) is 3.05. The van der Waals surface area contributed by atoms with E-state index in [1.54, 1.807) is 0 Å². The summed E-state index contributed by atoms with van der Waals surface area (Å²) >= 11 is 0. The summed E-state index contributed by atoms with van der Waals surface area (Å²) in [6.07, 6.45) is 2.91. The van der Waals surface area contributed by atoms with Crippen molar-refractivity contribution in [2.45, 2.75) is 37.3 Å². The van der Waals surface area contributed by atoms with Gasteiger partial charge in [0, 0.05) is 6.07 Å². The van der Waals surface area contributed by atoms with Crippen LogP contribution < -0.4 is 8.92 Å². The minimum Gasteiger partial charge on any atom is -0.489 e. The largest absolute Gasteiger partial charge is 0.534 e. The van der Waals surface area contributed by atoms with Crippen molar-refractivity contribution in [1.82, 2.24) is 0 Å². The van der Waals surface area contributed by atoms with Crippen LogP contribution in [0.15, 0.2) is 18.2 Å². The van der Waals surface area contributed by atoms with Gasteiger partial charge in [0.15, 0.2) is 5.78 Å². The Hall–Kier alpha value is -1.77. The molecule has 1 aliphatic carbocycles. The normalized spacial score (nSPS) is 24.4. The summed E-state index contributed by atoms with van der Waals surface area (Å²) in [5.74, 6) is -0.848. The van der Waals surface area contributed by atoms with Gasteiger partial charge in [-0.1, -0.05) is 6.42 Å². The third-order valence-corrected chi connectivity index (χ3v) is 5.00. The molecule has 23 heavy (non-hydrogen) atoms. The van der Waals surface area contributed by atoms with E-state index in [1.165, 1.54) is 6.07 Å². The van der Waals surface area contributed by atoms with E-state index in [-0.39, 0.29) is 29.1 Å². The summed E-state index contributed by atoms with van der Waals surface area (Å²) in [6.45, 7) is 0. The van der Waals surface area contributed by atoms with Gasteiger partial charge in [-0.15, -0.1) is 0 Å². The summed E-state index contributed by atoms with van der Waals surface area (Å²) in [6, 6.07) is 3.28. The highest BCUT2D eigenvalue weighted by Crippen LogP contribution is 2.40. The van der Waals surface area contributed by atoms with Gasteiger partial charge in [-0.2, -0.15) is 21.6 Å². The molecule has 0 aromatic heterocycles. The van der Waals surface area contributed by atoms with E-state index in [0.717, 1.165) is 25.0 Å². The highest BCUT2D eigenvalue weighted by molar-refractivity contribution is 7.88. The number of hydrogen-bond acceptors (Lipinski definition) is 5. The van der Waals surface area contributed by atoms with E-state index in [1.807, 2.05) is 0 Å². The van der Waals surface area contributed by atoms with Crippen LogP contribution in [0.3, 0.4) is 0 Å². The van der Waals surface area contributed by atoms with Crippen molar-refractivity contribution in [1.29, 1.82) is 0 Å².